The van der Waals surface area contributed by atoms with Crippen LogP contribution >= 0.6 is 0 Å². The summed E-state index contributed by atoms with van der Waals surface area (Å²) in [5.74, 6) is 0.851. The van der Waals surface area contributed by atoms with Crippen molar-refractivity contribution in [2.24, 2.45) is 7.05 Å². The van der Waals surface area contributed by atoms with E-state index in [9.17, 15) is 0 Å². The lowest BCUT2D eigenvalue weighted by Crippen LogP contribution is -2.20. The van der Waals surface area contributed by atoms with Gasteiger partial charge in [0.1, 0.15) is 12.2 Å². The van der Waals surface area contributed by atoms with Crippen molar-refractivity contribution in [1.29, 1.82) is 0 Å². The third-order valence-electron chi connectivity index (χ3n) is 3.09. The van der Waals surface area contributed by atoms with Gasteiger partial charge >= 0.3 is 0 Å². The van der Waals surface area contributed by atoms with Crippen molar-refractivity contribution in [3.8, 4) is 0 Å². The van der Waals surface area contributed by atoms with Gasteiger partial charge in [0.05, 0.1) is 11.7 Å². The number of aryl methyl sites for hydroxylation is 2. The quantitative estimate of drug-likeness (QED) is 0.828. The van der Waals surface area contributed by atoms with Gasteiger partial charge in [-0.1, -0.05) is 0 Å². The fraction of sp³-hybridized carbons (Fsp3) is 0.545. The van der Waals surface area contributed by atoms with Crippen LogP contribution in [0.1, 0.15) is 35.7 Å². The third-order valence-corrected chi connectivity index (χ3v) is 3.09. The molecule has 0 aliphatic heterocycles. The van der Waals surface area contributed by atoms with E-state index in [-0.39, 0.29) is 6.04 Å². The van der Waals surface area contributed by atoms with Crippen molar-refractivity contribution >= 4 is 0 Å². The number of hydrogen-bond acceptors (Lipinski definition) is 4. The van der Waals surface area contributed by atoms with Gasteiger partial charge in [0, 0.05) is 24.8 Å². The van der Waals surface area contributed by atoms with Gasteiger partial charge in [0.15, 0.2) is 0 Å². The molecule has 0 fully saturated rings. The number of nitrogens with one attached hydrogen (secondary N) is 2. The molecule has 6 nitrogen and oxygen atoms in total. The molecule has 2 aromatic rings. The zero-order chi connectivity index (χ0) is 12.4. The first kappa shape index (κ1) is 11.8. The van der Waals surface area contributed by atoms with Gasteiger partial charge in [0.2, 0.25) is 0 Å². The number of hydrogen-bond donors (Lipinski definition) is 2. The first-order valence-corrected chi connectivity index (χ1v) is 5.67. The number of rotatable bonds is 4. The Morgan fingerprint density at radius 1 is 1.47 bits per heavy atom. The largest absolute Gasteiger partial charge is 0.303 e. The second-order valence-corrected chi connectivity index (χ2v) is 4.25. The van der Waals surface area contributed by atoms with E-state index in [0.717, 1.165) is 18.1 Å². The van der Waals surface area contributed by atoms with Crippen LogP contribution in [0.4, 0.5) is 0 Å². The summed E-state index contributed by atoms with van der Waals surface area (Å²) >= 11 is 0. The highest BCUT2D eigenvalue weighted by Gasteiger charge is 2.12. The predicted octanol–water partition coefficient (Wildman–Crippen LogP) is 1.01. The Kier molecular flexibility index (Phi) is 3.23. The molecular weight excluding hydrogens is 216 g/mol. The van der Waals surface area contributed by atoms with Gasteiger partial charge in [-0.25, -0.2) is 4.98 Å². The fourth-order valence-corrected chi connectivity index (χ4v) is 1.85. The minimum Gasteiger partial charge on any atom is -0.303 e. The summed E-state index contributed by atoms with van der Waals surface area (Å²) in [4.78, 5) is 4.13. The normalized spacial score (nSPS) is 12.9. The number of H-pyrrole nitrogens is 1. The Hall–Kier alpha value is -1.69. The molecule has 0 aliphatic rings. The molecule has 0 saturated heterocycles. The summed E-state index contributed by atoms with van der Waals surface area (Å²) in [5, 5.41) is 14.5. The zero-order valence-corrected chi connectivity index (χ0v) is 10.7. The van der Waals surface area contributed by atoms with Crippen LogP contribution in [0.25, 0.3) is 0 Å². The molecule has 92 valence electrons. The van der Waals surface area contributed by atoms with Crippen LogP contribution in [0.3, 0.4) is 0 Å². The van der Waals surface area contributed by atoms with Gasteiger partial charge in [-0.3, -0.25) is 9.78 Å². The number of nitrogens with zero attached hydrogens (tertiary/aromatic N) is 4. The van der Waals surface area contributed by atoms with Crippen molar-refractivity contribution in [1.82, 2.24) is 30.3 Å². The maximum absolute atomic E-state index is 4.39. The second-order valence-electron chi connectivity index (χ2n) is 4.25. The lowest BCUT2D eigenvalue weighted by Gasteiger charge is -2.11. The van der Waals surface area contributed by atoms with E-state index in [1.165, 1.54) is 17.6 Å². The Bertz CT molecular complexity index is 484. The highest BCUT2D eigenvalue weighted by molar-refractivity contribution is 5.24. The van der Waals surface area contributed by atoms with Crippen molar-refractivity contribution in [3.05, 3.63) is 29.1 Å². The highest BCUT2D eigenvalue weighted by Crippen LogP contribution is 2.13. The molecule has 0 amide bonds. The lowest BCUT2D eigenvalue weighted by atomic mass is 10.2. The van der Waals surface area contributed by atoms with Crippen molar-refractivity contribution in [2.75, 3.05) is 0 Å². The molecular formula is C11H18N6. The molecule has 0 aliphatic carbocycles. The maximum Gasteiger partial charge on any atom is 0.141 e. The topological polar surface area (TPSA) is 71.4 Å². The molecule has 2 rings (SSSR count). The van der Waals surface area contributed by atoms with Gasteiger partial charge in [0.25, 0.3) is 0 Å². The third kappa shape index (κ3) is 2.36. The van der Waals surface area contributed by atoms with E-state index < -0.39 is 0 Å². The maximum atomic E-state index is 4.39. The van der Waals surface area contributed by atoms with E-state index >= 15 is 0 Å². The summed E-state index contributed by atoms with van der Waals surface area (Å²) in [7, 11) is 1.96. The van der Waals surface area contributed by atoms with Crippen LogP contribution < -0.4 is 5.32 Å². The summed E-state index contributed by atoms with van der Waals surface area (Å²) < 4.78 is 1.91. The van der Waals surface area contributed by atoms with Crippen LogP contribution in [0.5, 0.6) is 0 Å². The van der Waals surface area contributed by atoms with E-state index in [4.69, 9.17) is 0 Å². The van der Waals surface area contributed by atoms with Gasteiger partial charge < -0.3 is 5.32 Å². The minimum atomic E-state index is 0.150. The monoisotopic (exact) mass is 234 g/mol. The molecule has 2 heterocycles. The first-order valence-electron chi connectivity index (χ1n) is 5.67. The van der Waals surface area contributed by atoms with Crippen LogP contribution in [-0.2, 0) is 13.6 Å². The summed E-state index contributed by atoms with van der Waals surface area (Å²) in [6.07, 6.45) is 1.52. The molecule has 0 radical (unpaired) electrons. The van der Waals surface area contributed by atoms with Crippen LogP contribution in [0.2, 0.25) is 0 Å². The van der Waals surface area contributed by atoms with Crippen LogP contribution in [0.15, 0.2) is 6.33 Å². The Labute approximate surface area is 100 Å². The van der Waals surface area contributed by atoms with E-state index in [0.29, 0.717) is 0 Å². The van der Waals surface area contributed by atoms with Gasteiger partial charge in [-0.05, 0) is 20.8 Å². The van der Waals surface area contributed by atoms with E-state index in [2.05, 4.69) is 39.4 Å². The van der Waals surface area contributed by atoms with Crippen molar-refractivity contribution in [3.63, 3.8) is 0 Å². The Balaban J connectivity index is 2.03. The molecule has 0 spiro atoms. The number of aromatic amines is 1. The first-order chi connectivity index (χ1) is 8.09. The molecule has 1 atom stereocenters. The summed E-state index contributed by atoms with van der Waals surface area (Å²) in [6.45, 7) is 6.95. The molecule has 0 bridgehead atoms. The minimum absolute atomic E-state index is 0.150. The average molecular weight is 234 g/mol. The molecule has 1 unspecified atom stereocenters. The van der Waals surface area contributed by atoms with E-state index in [1.807, 2.05) is 18.7 Å². The van der Waals surface area contributed by atoms with Crippen molar-refractivity contribution in [2.45, 2.75) is 33.4 Å². The van der Waals surface area contributed by atoms with Gasteiger partial charge in [-0.15, -0.1) is 0 Å². The smallest absolute Gasteiger partial charge is 0.141 e. The highest BCUT2D eigenvalue weighted by atomic mass is 15.3. The standard InChI is InChI=1S/C11H18N6/c1-7-10(9(3)17(4)16-7)5-12-8(2)11-13-6-14-15-11/h6,8,12H,5H2,1-4H3,(H,13,14,15). The van der Waals surface area contributed by atoms with Crippen molar-refractivity contribution < 1.29 is 0 Å². The van der Waals surface area contributed by atoms with Gasteiger partial charge in [-0.2, -0.15) is 10.2 Å². The summed E-state index contributed by atoms with van der Waals surface area (Å²) in [6, 6.07) is 0.150. The number of aromatic nitrogens is 5. The molecule has 2 N–H and O–H groups in total. The molecule has 0 saturated carbocycles. The summed E-state index contributed by atoms with van der Waals surface area (Å²) in [5.41, 5.74) is 3.51. The lowest BCUT2D eigenvalue weighted by molar-refractivity contribution is 0.545. The average Bonchev–Trinajstić information content (AvgIpc) is 2.88. The molecule has 17 heavy (non-hydrogen) atoms. The molecule has 2 aromatic heterocycles. The zero-order valence-electron chi connectivity index (χ0n) is 10.7. The Morgan fingerprint density at radius 3 is 2.76 bits per heavy atom. The Morgan fingerprint density at radius 2 is 2.24 bits per heavy atom. The SMILES string of the molecule is Cc1nn(C)c(C)c1CNC(C)c1ncn[nH]1. The molecule has 0 aromatic carbocycles. The van der Waals surface area contributed by atoms with Crippen LogP contribution in [-0.4, -0.2) is 25.0 Å². The molecule has 6 heteroatoms. The fourth-order valence-electron chi connectivity index (χ4n) is 1.85. The van der Waals surface area contributed by atoms with E-state index in [1.54, 1.807) is 0 Å². The second kappa shape index (κ2) is 4.67. The van der Waals surface area contributed by atoms with Crippen LogP contribution in [0, 0.1) is 13.8 Å². The predicted molar refractivity (Wildman–Crippen MR) is 64.3 cm³/mol.